The SMILES string of the molecule is COC(=O)C1CCCCN1c1cc(C(F)(F)F)ccn1. The number of carbonyl (C=O) groups excluding carboxylic acids is 1. The summed E-state index contributed by atoms with van der Waals surface area (Å²) >= 11 is 0. The molecule has 4 nitrogen and oxygen atoms in total. The third kappa shape index (κ3) is 3.02. The molecule has 0 amide bonds. The first-order chi connectivity index (χ1) is 9.43. The smallest absolute Gasteiger partial charge is 0.416 e. The number of carbonyl (C=O) groups is 1. The summed E-state index contributed by atoms with van der Waals surface area (Å²) in [6.45, 7) is 0.494. The third-order valence-electron chi connectivity index (χ3n) is 3.34. The van der Waals surface area contributed by atoms with Gasteiger partial charge in [0.15, 0.2) is 0 Å². The molecule has 7 heteroatoms. The average Bonchev–Trinajstić information content (AvgIpc) is 2.45. The minimum absolute atomic E-state index is 0.162. The molecule has 1 aliphatic rings. The molecule has 0 radical (unpaired) electrons. The molecule has 0 bridgehead atoms. The van der Waals surface area contributed by atoms with E-state index in [-0.39, 0.29) is 5.82 Å². The molecule has 110 valence electrons. The molecule has 0 aliphatic carbocycles. The van der Waals surface area contributed by atoms with E-state index in [2.05, 4.69) is 4.98 Å². The minimum atomic E-state index is -4.42. The summed E-state index contributed by atoms with van der Waals surface area (Å²) in [5, 5.41) is 0. The van der Waals surface area contributed by atoms with Gasteiger partial charge in [-0.05, 0) is 31.4 Å². The number of nitrogens with zero attached hydrogens (tertiary/aromatic N) is 2. The standard InChI is InChI=1S/C13H15F3N2O2/c1-20-12(19)10-4-2-3-7-18(10)11-8-9(5-6-17-11)13(14,15)16/h5-6,8,10H,2-4,7H2,1H3. The van der Waals surface area contributed by atoms with E-state index in [1.165, 1.54) is 7.11 Å². The Hall–Kier alpha value is -1.79. The highest BCUT2D eigenvalue weighted by Crippen LogP contribution is 2.32. The molecule has 0 spiro atoms. The van der Waals surface area contributed by atoms with Crippen LogP contribution in [0.15, 0.2) is 18.3 Å². The molecule has 1 aromatic rings. The molecule has 0 aromatic carbocycles. The second kappa shape index (κ2) is 5.68. The summed E-state index contributed by atoms with van der Waals surface area (Å²) in [4.78, 5) is 17.3. The van der Waals surface area contributed by atoms with E-state index in [1.807, 2.05) is 0 Å². The van der Waals surface area contributed by atoms with Gasteiger partial charge in [0.05, 0.1) is 12.7 Å². The predicted octanol–water partition coefficient (Wildman–Crippen LogP) is 2.63. The van der Waals surface area contributed by atoms with Gasteiger partial charge in [-0.3, -0.25) is 0 Å². The Balaban J connectivity index is 2.30. The van der Waals surface area contributed by atoms with Gasteiger partial charge in [-0.25, -0.2) is 9.78 Å². The van der Waals surface area contributed by atoms with Gasteiger partial charge in [0, 0.05) is 12.7 Å². The van der Waals surface area contributed by atoms with Crippen LogP contribution in [0.5, 0.6) is 0 Å². The molecular weight excluding hydrogens is 273 g/mol. The molecular formula is C13H15F3N2O2. The molecule has 0 N–H and O–H groups in total. The lowest BCUT2D eigenvalue weighted by Crippen LogP contribution is -2.45. The van der Waals surface area contributed by atoms with E-state index < -0.39 is 23.8 Å². The van der Waals surface area contributed by atoms with Crippen molar-refractivity contribution in [1.82, 2.24) is 4.98 Å². The Morgan fingerprint density at radius 1 is 1.45 bits per heavy atom. The number of rotatable bonds is 2. The molecule has 0 saturated carbocycles. The highest BCUT2D eigenvalue weighted by Gasteiger charge is 2.34. The summed E-state index contributed by atoms with van der Waals surface area (Å²) in [5.74, 6) is -0.279. The van der Waals surface area contributed by atoms with Crippen molar-refractivity contribution >= 4 is 11.8 Å². The highest BCUT2D eigenvalue weighted by atomic mass is 19.4. The van der Waals surface area contributed by atoms with Crippen molar-refractivity contribution in [3.05, 3.63) is 23.9 Å². The molecule has 1 saturated heterocycles. The Bertz CT molecular complexity index is 491. The monoisotopic (exact) mass is 288 g/mol. The number of hydrogen-bond acceptors (Lipinski definition) is 4. The van der Waals surface area contributed by atoms with Crippen LogP contribution >= 0.6 is 0 Å². The van der Waals surface area contributed by atoms with Crippen LogP contribution in [0.3, 0.4) is 0 Å². The van der Waals surface area contributed by atoms with Crippen molar-refractivity contribution in [1.29, 1.82) is 0 Å². The number of ether oxygens (including phenoxy) is 1. The lowest BCUT2D eigenvalue weighted by molar-refractivity contribution is -0.142. The van der Waals surface area contributed by atoms with E-state index in [0.29, 0.717) is 13.0 Å². The number of halogens is 3. The van der Waals surface area contributed by atoms with Crippen molar-refractivity contribution in [2.45, 2.75) is 31.5 Å². The number of methoxy groups -OCH3 is 1. The van der Waals surface area contributed by atoms with E-state index in [1.54, 1.807) is 4.90 Å². The molecule has 1 aromatic heterocycles. The van der Waals surface area contributed by atoms with E-state index in [0.717, 1.165) is 31.2 Å². The zero-order chi connectivity index (χ0) is 14.8. The number of pyridine rings is 1. The Morgan fingerprint density at radius 3 is 2.85 bits per heavy atom. The first-order valence-electron chi connectivity index (χ1n) is 6.31. The van der Waals surface area contributed by atoms with Gasteiger partial charge >= 0.3 is 12.1 Å². The van der Waals surface area contributed by atoms with Crippen LogP contribution in [0.2, 0.25) is 0 Å². The quantitative estimate of drug-likeness (QED) is 0.785. The second-order valence-electron chi connectivity index (χ2n) is 4.63. The molecule has 20 heavy (non-hydrogen) atoms. The Labute approximate surface area is 114 Å². The van der Waals surface area contributed by atoms with Crippen molar-refractivity contribution in [2.24, 2.45) is 0 Å². The van der Waals surface area contributed by atoms with Gasteiger partial charge in [-0.2, -0.15) is 13.2 Å². The summed E-state index contributed by atoms with van der Waals surface area (Å²) in [6.07, 6.45) is -1.10. The maximum absolute atomic E-state index is 12.7. The lowest BCUT2D eigenvalue weighted by atomic mass is 10.0. The number of piperidine rings is 1. The number of alkyl halides is 3. The van der Waals surface area contributed by atoms with Crippen LogP contribution in [0, 0.1) is 0 Å². The van der Waals surface area contributed by atoms with Crippen LogP contribution in [0.25, 0.3) is 0 Å². The fourth-order valence-corrected chi connectivity index (χ4v) is 2.34. The Kier molecular flexibility index (Phi) is 4.15. The van der Waals surface area contributed by atoms with Gasteiger partial charge in [-0.1, -0.05) is 0 Å². The number of hydrogen-bond donors (Lipinski definition) is 0. The average molecular weight is 288 g/mol. The van der Waals surface area contributed by atoms with Crippen molar-refractivity contribution in [3.8, 4) is 0 Å². The first-order valence-corrected chi connectivity index (χ1v) is 6.31. The normalized spacial score (nSPS) is 19.8. The van der Waals surface area contributed by atoms with E-state index in [4.69, 9.17) is 4.74 Å². The topological polar surface area (TPSA) is 42.4 Å². The van der Waals surface area contributed by atoms with Gasteiger partial charge in [0.2, 0.25) is 0 Å². The first kappa shape index (κ1) is 14.6. The van der Waals surface area contributed by atoms with Crippen molar-refractivity contribution in [3.63, 3.8) is 0 Å². The van der Waals surface area contributed by atoms with Crippen LogP contribution in [0.4, 0.5) is 19.0 Å². The maximum Gasteiger partial charge on any atom is 0.416 e. The largest absolute Gasteiger partial charge is 0.467 e. The van der Waals surface area contributed by atoms with E-state index in [9.17, 15) is 18.0 Å². The zero-order valence-electron chi connectivity index (χ0n) is 11.0. The summed E-state index contributed by atoms with van der Waals surface area (Å²) < 4.78 is 42.9. The van der Waals surface area contributed by atoms with E-state index >= 15 is 0 Å². The number of anilines is 1. The summed E-state index contributed by atoms with van der Waals surface area (Å²) in [6, 6.07) is 1.33. The van der Waals surface area contributed by atoms with Crippen molar-refractivity contribution < 1.29 is 22.7 Å². The lowest BCUT2D eigenvalue weighted by Gasteiger charge is -2.34. The van der Waals surface area contributed by atoms with Gasteiger partial charge < -0.3 is 9.64 Å². The Morgan fingerprint density at radius 2 is 2.20 bits per heavy atom. The van der Waals surface area contributed by atoms with Crippen LogP contribution in [-0.4, -0.2) is 30.6 Å². The zero-order valence-corrected chi connectivity index (χ0v) is 11.0. The van der Waals surface area contributed by atoms with Crippen LogP contribution in [-0.2, 0) is 15.7 Å². The predicted molar refractivity (Wildman–Crippen MR) is 66.2 cm³/mol. The summed E-state index contributed by atoms with van der Waals surface area (Å²) in [7, 11) is 1.27. The van der Waals surface area contributed by atoms with Crippen molar-refractivity contribution in [2.75, 3.05) is 18.6 Å². The molecule has 2 rings (SSSR count). The fourth-order valence-electron chi connectivity index (χ4n) is 2.34. The molecule has 1 aliphatic heterocycles. The van der Waals surface area contributed by atoms with Crippen LogP contribution < -0.4 is 4.90 Å². The fraction of sp³-hybridized carbons (Fsp3) is 0.538. The molecule has 1 fully saturated rings. The molecule has 2 heterocycles. The second-order valence-corrected chi connectivity index (χ2v) is 4.63. The third-order valence-corrected chi connectivity index (χ3v) is 3.34. The number of aromatic nitrogens is 1. The van der Waals surface area contributed by atoms with Gasteiger partial charge in [-0.15, -0.1) is 0 Å². The van der Waals surface area contributed by atoms with Gasteiger partial charge in [0.1, 0.15) is 11.9 Å². The number of esters is 1. The van der Waals surface area contributed by atoms with Crippen LogP contribution in [0.1, 0.15) is 24.8 Å². The molecule has 1 atom stereocenters. The molecule has 1 unspecified atom stereocenters. The maximum atomic E-state index is 12.7. The van der Waals surface area contributed by atoms with Gasteiger partial charge in [0.25, 0.3) is 0 Å². The minimum Gasteiger partial charge on any atom is -0.467 e. The summed E-state index contributed by atoms with van der Waals surface area (Å²) in [5.41, 5.74) is -0.767. The highest BCUT2D eigenvalue weighted by molar-refractivity contribution is 5.79.